The summed E-state index contributed by atoms with van der Waals surface area (Å²) < 4.78 is 10.5. The molecular formula is C22H25N5O7. The van der Waals surface area contributed by atoms with E-state index in [4.69, 9.17) is 9.26 Å². The molecule has 0 bridgehead atoms. The van der Waals surface area contributed by atoms with E-state index in [0.717, 1.165) is 22.6 Å². The summed E-state index contributed by atoms with van der Waals surface area (Å²) in [5.41, 5.74) is 0.537. The number of anilines is 1. The number of methoxy groups -OCH3 is 1. The highest BCUT2D eigenvalue weighted by atomic mass is 16.5. The second kappa shape index (κ2) is 10.00. The summed E-state index contributed by atoms with van der Waals surface area (Å²) in [7, 11) is 1.50. The van der Waals surface area contributed by atoms with E-state index in [0.29, 0.717) is 17.9 Å². The fourth-order valence-corrected chi connectivity index (χ4v) is 3.66. The summed E-state index contributed by atoms with van der Waals surface area (Å²) in [5, 5.41) is 13.0. The molecule has 5 amide bonds. The second-order valence-corrected chi connectivity index (χ2v) is 8.11. The largest absolute Gasteiger partial charge is 0.495 e. The third kappa shape index (κ3) is 4.91. The second-order valence-electron chi connectivity index (χ2n) is 8.11. The Hall–Kier alpha value is -3.80. The van der Waals surface area contributed by atoms with Crippen molar-refractivity contribution in [3.8, 4) is 5.75 Å². The van der Waals surface area contributed by atoms with Gasteiger partial charge in [-0.15, -0.1) is 0 Å². The van der Waals surface area contributed by atoms with Gasteiger partial charge in [-0.1, -0.05) is 17.3 Å². The average molecular weight is 471 g/mol. The number of carbonyl (C=O) groups excluding carboxylic acids is 4. The van der Waals surface area contributed by atoms with E-state index in [1.807, 2.05) is 0 Å². The SMILES string of the molecule is COc1ccccc1N(CCCO)C(=O)Cc1noc(CN2C(=O)C(=O)N(CC3CC3)C2=O)n1. The van der Waals surface area contributed by atoms with Crippen LogP contribution in [-0.2, 0) is 27.3 Å². The van der Waals surface area contributed by atoms with Crippen LogP contribution in [0.3, 0.4) is 0 Å². The molecule has 1 aromatic heterocycles. The number of rotatable bonds is 11. The molecule has 180 valence electrons. The van der Waals surface area contributed by atoms with Crippen molar-refractivity contribution in [3.63, 3.8) is 0 Å². The van der Waals surface area contributed by atoms with Crippen molar-refractivity contribution in [1.29, 1.82) is 0 Å². The van der Waals surface area contributed by atoms with E-state index >= 15 is 0 Å². The van der Waals surface area contributed by atoms with Crippen LogP contribution in [0.5, 0.6) is 5.75 Å². The summed E-state index contributed by atoms with van der Waals surface area (Å²) in [5.74, 6) is -1.41. The molecule has 2 aliphatic rings. The number of hydrogen-bond acceptors (Lipinski definition) is 9. The molecule has 2 fully saturated rings. The molecule has 1 aliphatic heterocycles. The molecule has 34 heavy (non-hydrogen) atoms. The first-order valence-electron chi connectivity index (χ1n) is 11.0. The van der Waals surface area contributed by atoms with Crippen LogP contribution >= 0.6 is 0 Å². The van der Waals surface area contributed by atoms with Crippen molar-refractivity contribution in [3.05, 3.63) is 36.0 Å². The molecule has 2 heterocycles. The Balaban J connectivity index is 1.44. The fraction of sp³-hybridized carbons (Fsp3) is 0.455. The van der Waals surface area contributed by atoms with Gasteiger partial charge in [0, 0.05) is 19.7 Å². The zero-order valence-corrected chi connectivity index (χ0v) is 18.7. The van der Waals surface area contributed by atoms with Gasteiger partial charge in [0.05, 0.1) is 19.2 Å². The quantitative estimate of drug-likeness (QED) is 0.370. The van der Waals surface area contributed by atoms with Crippen molar-refractivity contribution >= 4 is 29.4 Å². The van der Waals surface area contributed by atoms with Gasteiger partial charge in [-0.3, -0.25) is 19.3 Å². The number of aliphatic hydroxyl groups excluding tert-OH is 1. The number of carbonyl (C=O) groups is 4. The van der Waals surface area contributed by atoms with Crippen LogP contribution in [-0.4, -0.2) is 75.6 Å². The topological polar surface area (TPSA) is 146 Å². The molecule has 0 atom stereocenters. The highest BCUT2D eigenvalue weighted by Crippen LogP contribution is 2.31. The third-order valence-corrected chi connectivity index (χ3v) is 5.60. The van der Waals surface area contributed by atoms with Crippen molar-refractivity contribution in [2.45, 2.75) is 32.2 Å². The Morgan fingerprint density at radius 1 is 1.21 bits per heavy atom. The summed E-state index contributed by atoms with van der Waals surface area (Å²) in [4.78, 5) is 57.3. The summed E-state index contributed by atoms with van der Waals surface area (Å²) in [6.07, 6.45) is 1.99. The van der Waals surface area contributed by atoms with Gasteiger partial charge < -0.3 is 19.3 Å². The molecule has 12 nitrogen and oxygen atoms in total. The summed E-state index contributed by atoms with van der Waals surface area (Å²) in [6, 6.07) is 6.29. The standard InChI is InChI=1S/C22H25N5O7/c1-33-16-6-3-2-5-15(16)25(9-4-10-28)19(29)11-17-23-18(34-24-17)13-27-21(31)20(30)26(22(27)32)12-14-7-8-14/h2-3,5-6,14,28H,4,7-13H2,1H3. The summed E-state index contributed by atoms with van der Waals surface area (Å²) >= 11 is 0. The smallest absolute Gasteiger partial charge is 0.334 e. The van der Waals surface area contributed by atoms with E-state index in [2.05, 4.69) is 10.1 Å². The molecular weight excluding hydrogens is 446 g/mol. The minimum atomic E-state index is -0.937. The predicted octanol–water partition coefficient (Wildman–Crippen LogP) is 0.737. The monoisotopic (exact) mass is 471 g/mol. The van der Waals surface area contributed by atoms with Crippen LogP contribution in [0.4, 0.5) is 10.5 Å². The van der Waals surface area contributed by atoms with Crippen LogP contribution in [0.1, 0.15) is 31.0 Å². The third-order valence-electron chi connectivity index (χ3n) is 5.60. The Morgan fingerprint density at radius 3 is 2.65 bits per heavy atom. The fourth-order valence-electron chi connectivity index (χ4n) is 3.66. The molecule has 0 spiro atoms. The van der Waals surface area contributed by atoms with Crippen molar-refractivity contribution < 1.29 is 33.5 Å². The lowest BCUT2D eigenvalue weighted by Crippen LogP contribution is -2.34. The maximum atomic E-state index is 13.0. The molecule has 2 aromatic rings. The van der Waals surface area contributed by atoms with Gasteiger partial charge in [-0.25, -0.2) is 9.69 Å². The molecule has 0 unspecified atom stereocenters. The minimum Gasteiger partial charge on any atom is -0.495 e. The average Bonchev–Trinajstić information content (AvgIpc) is 3.52. The Bertz CT molecular complexity index is 1100. The lowest BCUT2D eigenvalue weighted by molar-refractivity contribution is -0.143. The number of amides is 5. The van der Waals surface area contributed by atoms with Gasteiger partial charge in [0.1, 0.15) is 12.3 Å². The zero-order chi connectivity index (χ0) is 24.2. The molecule has 1 aliphatic carbocycles. The first kappa shape index (κ1) is 23.4. The lowest BCUT2D eigenvalue weighted by Gasteiger charge is -2.24. The van der Waals surface area contributed by atoms with Gasteiger partial charge in [-0.2, -0.15) is 4.98 Å². The Labute approximate surface area is 195 Å². The van der Waals surface area contributed by atoms with Gasteiger partial charge >= 0.3 is 17.8 Å². The number of ether oxygens (including phenoxy) is 1. The first-order valence-corrected chi connectivity index (χ1v) is 11.0. The maximum absolute atomic E-state index is 13.0. The van der Waals surface area contributed by atoms with Crippen molar-refractivity contribution in [2.75, 3.05) is 31.7 Å². The molecule has 12 heteroatoms. The summed E-state index contributed by atoms with van der Waals surface area (Å²) in [6.45, 7) is 0.0262. The molecule has 1 aromatic carbocycles. The number of nitrogens with zero attached hydrogens (tertiary/aromatic N) is 5. The molecule has 1 saturated carbocycles. The molecule has 1 N–H and O–H groups in total. The minimum absolute atomic E-state index is 0.0594. The number of imide groups is 2. The molecule has 0 radical (unpaired) electrons. The number of hydrogen-bond donors (Lipinski definition) is 1. The van der Waals surface area contributed by atoms with Crippen molar-refractivity contribution in [1.82, 2.24) is 19.9 Å². The van der Waals surface area contributed by atoms with Gasteiger partial charge in [0.15, 0.2) is 5.82 Å². The van der Waals surface area contributed by atoms with Crippen LogP contribution in [0.2, 0.25) is 0 Å². The maximum Gasteiger partial charge on any atom is 0.334 e. The number of para-hydroxylation sites is 2. The number of urea groups is 1. The molecule has 1 saturated heterocycles. The number of aliphatic hydroxyl groups is 1. The number of aromatic nitrogens is 2. The van der Waals surface area contributed by atoms with Crippen LogP contribution in [0.15, 0.2) is 28.8 Å². The van der Waals surface area contributed by atoms with Gasteiger partial charge in [0.2, 0.25) is 11.8 Å². The lowest BCUT2D eigenvalue weighted by atomic mass is 10.2. The number of benzene rings is 1. The highest BCUT2D eigenvalue weighted by Gasteiger charge is 2.46. The van der Waals surface area contributed by atoms with E-state index in [1.54, 1.807) is 24.3 Å². The van der Waals surface area contributed by atoms with Crippen LogP contribution in [0.25, 0.3) is 0 Å². The van der Waals surface area contributed by atoms with E-state index in [-0.39, 0.29) is 56.2 Å². The van der Waals surface area contributed by atoms with E-state index in [9.17, 15) is 24.3 Å². The van der Waals surface area contributed by atoms with Crippen LogP contribution in [0, 0.1) is 5.92 Å². The van der Waals surface area contributed by atoms with Gasteiger partial charge in [0.25, 0.3) is 0 Å². The normalized spacial score (nSPS) is 15.9. The predicted molar refractivity (Wildman–Crippen MR) is 115 cm³/mol. The van der Waals surface area contributed by atoms with Crippen LogP contribution < -0.4 is 9.64 Å². The van der Waals surface area contributed by atoms with Crippen molar-refractivity contribution in [2.24, 2.45) is 5.92 Å². The van der Waals surface area contributed by atoms with Gasteiger partial charge in [-0.05, 0) is 37.3 Å². The first-order chi connectivity index (χ1) is 16.4. The Morgan fingerprint density at radius 2 is 1.94 bits per heavy atom. The Kier molecular flexibility index (Phi) is 6.87. The van der Waals surface area contributed by atoms with E-state index in [1.165, 1.54) is 12.0 Å². The van der Waals surface area contributed by atoms with E-state index < -0.39 is 17.8 Å². The zero-order valence-electron chi connectivity index (χ0n) is 18.7. The highest BCUT2D eigenvalue weighted by molar-refractivity contribution is 6.44. The molecule has 4 rings (SSSR count).